The maximum absolute atomic E-state index is 12.6. The van der Waals surface area contributed by atoms with Gasteiger partial charge in [0.15, 0.2) is 12.1 Å². The zero-order valence-corrected chi connectivity index (χ0v) is 27.5. The van der Waals surface area contributed by atoms with Crippen molar-refractivity contribution in [3.05, 3.63) is 11.6 Å². The van der Waals surface area contributed by atoms with E-state index in [1.165, 1.54) is 5.57 Å². The fourth-order valence-corrected chi connectivity index (χ4v) is 13.1. The molecule has 0 aromatic heterocycles. The van der Waals surface area contributed by atoms with Crippen LogP contribution in [0, 0.1) is 44.8 Å². The lowest BCUT2D eigenvalue weighted by Gasteiger charge is -2.60. The Labute approximate surface area is 261 Å². The molecule has 3 aliphatic heterocycles. The van der Waals surface area contributed by atoms with Crippen molar-refractivity contribution in [3.8, 4) is 0 Å². The van der Waals surface area contributed by atoms with Crippen LogP contribution in [-0.4, -0.2) is 92.5 Å². The second kappa shape index (κ2) is 8.88. The van der Waals surface area contributed by atoms with Gasteiger partial charge in [-0.1, -0.05) is 46.3 Å². The highest BCUT2D eigenvalue weighted by atomic mass is 16.8. The molecule has 44 heavy (non-hydrogen) atoms. The van der Waals surface area contributed by atoms with Crippen LogP contribution in [0.1, 0.15) is 93.4 Å². The number of hydrogen-bond donors (Lipinski definition) is 5. The standard InChI is InChI=1S/C35H54O9/c1-17-14-19-26(30(4,5)40)44-35(43-19)25(17)31(6)12-13-34-16-33(34)11-10-22(42-27-24(38)23(37)18(36)15-41-27)29(2,3)20(33)8-9-21(34)32(31,7)28(35)39/h9,17-20,22-28,36-40H,8,10-16H2,1-7H3/t17-,18-,19-,20+,22+,23+,24-,25-,26-,27+,28-,31-,32-,33-,34+,35+/m1/s1. The van der Waals surface area contributed by atoms with Gasteiger partial charge in [-0.25, -0.2) is 0 Å². The summed E-state index contributed by atoms with van der Waals surface area (Å²) in [5.74, 6) is -0.431. The fourth-order valence-electron chi connectivity index (χ4n) is 13.1. The summed E-state index contributed by atoms with van der Waals surface area (Å²) in [4.78, 5) is 0. The highest BCUT2D eigenvalue weighted by molar-refractivity contribution is 5.48. The lowest BCUT2D eigenvalue weighted by Crippen LogP contribution is -2.58. The van der Waals surface area contributed by atoms with E-state index in [0.29, 0.717) is 11.8 Å². The molecule has 9 heteroatoms. The number of aliphatic hydroxyl groups is 5. The van der Waals surface area contributed by atoms with E-state index in [1.54, 1.807) is 13.8 Å². The van der Waals surface area contributed by atoms with E-state index in [4.69, 9.17) is 18.9 Å². The molecule has 16 atom stereocenters. The van der Waals surface area contributed by atoms with Crippen LogP contribution >= 0.6 is 0 Å². The molecule has 5 N–H and O–H groups in total. The lowest BCUT2D eigenvalue weighted by molar-refractivity contribution is -0.300. The van der Waals surface area contributed by atoms with Gasteiger partial charge in [-0.15, -0.1) is 0 Å². The smallest absolute Gasteiger partial charge is 0.199 e. The predicted octanol–water partition coefficient (Wildman–Crippen LogP) is 3.04. The highest BCUT2D eigenvalue weighted by Crippen LogP contribution is 2.89. The van der Waals surface area contributed by atoms with E-state index in [1.807, 2.05) is 0 Å². The van der Waals surface area contributed by atoms with Crippen molar-refractivity contribution in [1.82, 2.24) is 0 Å². The number of aliphatic hydroxyl groups excluding tert-OH is 4. The number of rotatable bonds is 3. The minimum Gasteiger partial charge on any atom is -0.388 e. The monoisotopic (exact) mass is 618 g/mol. The summed E-state index contributed by atoms with van der Waals surface area (Å²) >= 11 is 0. The molecule has 4 saturated carbocycles. The molecule has 8 aliphatic rings. The molecule has 0 aromatic carbocycles. The van der Waals surface area contributed by atoms with Crippen molar-refractivity contribution in [2.75, 3.05) is 6.61 Å². The van der Waals surface area contributed by atoms with Gasteiger partial charge in [-0.3, -0.25) is 0 Å². The third kappa shape index (κ3) is 3.33. The van der Waals surface area contributed by atoms with Crippen LogP contribution in [-0.2, 0) is 18.9 Å². The quantitative estimate of drug-likeness (QED) is 0.302. The summed E-state index contributed by atoms with van der Waals surface area (Å²) in [5.41, 5.74) is -0.456. The van der Waals surface area contributed by atoms with Crippen LogP contribution in [0.15, 0.2) is 11.6 Å². The molecular weight excluding hydrogens is 564 g/mol. The first kappa shape index (κ1) is 30.7. The molecule has 7 fully saturated rings. The van der Waals surface area contributed by atoms with Gasteiger partial charge in [0.05, 0.1) is 24.4 Å². The minimum absolute atomic E-state index is 0.0234. The van der Waals surface area contributed by atoms with Gasteiger partial charge >= 0.3 is 0 Å². The van der Waals surface area contributed by atoms with Crippen LogP contribution in [0.25, 0.3) is 0 Å². The molecule has 8 rings (SSSR count). The summed E-state index contributed by atoms with van der Waals surface area (Å²) in [5, 5.41) is 54.4. The number of ether oxygens (including phenoxy) is 4. The Morgan fingerprint density at radius 3 is 2.41 bits per heavy atom. The summed E-state index contributed by atoms with van der Waals surface area (Å²) in [6.07, 6.45) is 2.81. The number of allylic oxidation sites excluding steroid dienone is 1. The minimum atomic E-state index is -1.30. The highest BCUT2D eigenvalue weighted by Gasteiger charge is 2.86. The third-order valence-electron chi connectivity index (χ3n) is 15.2. The van der Waals surface area contributed by atoms with E-state index in [2.05, 4.69) is 40.7 Å². The van der Waals surface area contributed by atoms with Crippen LogP contribution in [0.4, 0.5) is 0 Å². The van der Waals surface area contributed by atoms with Gasteiger partial charge in [0.1, 0.15) is 30.5 Å². The Hall–Kier alpha value is -0.620. The summed E-state index contributed by atoms with van der Waals surface area (Å²) in [6.45, 7) is 15.0. The fraction of sp³-hybridized carbons (Fsp3) is 0.943. The van der Waals surface area contributed by atoms with Gasteiger partial charge in [0, 0.05) is 11.3 Å². The molecule has 9 nitrogen and oxygen atoms in total. The first-order valence-electron chi connectivity index (χ1n) is 17.2. The topological polar surface area (TPSA) is 138 Å². The van der Waals surface area contributed by atoms with E-state index < -0.39 is 53.6 Å². The van der Waals surface area contributed by atoms with Gasteiger partial charge in [-0.05, 0) is 92.3 Å². The number of fused-ring (bicyclic) bond motifs is 4. The van der Waals surface area contributed by atoms with Crippen molar-refractivity contribution < 1.29 is 44.5 Å². The van der Waals surface area contributed by atoms with E-state index in [-0.39, 0.29) is 46.4 Å². The van der Waals surface area contributed by atoms with Crippen molar-refractivity contribution in [2.24, 2.45) is 44.8 Å². The SMILES string of the molecule is C[C@@H]1C[C@H]2O[C@]3(O[C@H]2C(C)(C)O)[C@H]1[C@@]1(C)CC[C@@]24C[C@@]25CC[C@H](O[C@@H]2OC[C@@H](O)[C@H](O)[C@H]2O)C(C)(C)[C@@H]5CC=C4[C@]1(C)[C@H]3O. The van der Waals surface area contributed by atoms with Gasteiger partial charge in [0.2, 0.25) is 0 Å². The maximum atomic E-state index is 12.6. The summed E-state index contributed by atoms with van der Waals surface area (Å²) in [7, 11) is 0. The Morgan fingerprint density at radius 1 is 0.977 bits per heavy atom. The predicted molar refractivity (Wildman–Crippen MR) is 159 cm³/mol. The molecule has 3 spiro atoms. The normalized spacial score (nSPS) is 60.4. The molecular formula is C35H54O9. The average Bonchev–Trinajstić information content (AvgIpc) is 3.45. The van der Waals surface area contributed by atoms with Crippen LogP contribution in [0.3, 0.4) is 0 Å². The Balaban J connectivity index is 1.13. The summed E-state index contributed by atoms with van der Waals surface area (Å²) in [6, 6.07) is 0. The van der Waals surface area contributed by atoms with Crippen molar-refractivity contribution in [1.29, 1.82) is 0 Å². The maximum Gasteiger partial charge on any atom is 0.199 e. The molecule has 248 valence electrons. The Bertz CT molecular complexity index is 1260. The molecule has 5 aliphatic carbocycles. The van der Waals surface area contributed by atoms with Crippen molar-refractivity contribution in [3.63, 3.8) is 0 Å². The first-order chi connectivity index (χ1) is 20.4. The van der Waals surface area contributed by atoms with E-state index in [9.17, 15) is 25.5 Å². The lowest BCUT2D eigenvalue weighted by atomic mass is 9.44. The first-order valence-corrected chi connectivity index (χ1v) is 17.2. The largest absolute Gasteiger partial charge is 0.388 e. The zero-order chi connectivity index (χ0) is 31.6. The molecule has 0 radical (unpaired) electrons. The van der Waals surface area contributed by atoms with Gasteiger partial charge < -0.3 is 44.5 Å². The van der Waals surface area contributed by atoms with Crippen LogP contribution in [0.5, 0.6) is 0 Å². The second-order valence-corrected chi connectivity index (χ2v) is 17.8. The van der Waals surface area contributed by atoms with Gasteiger partial charge in [-0.2, -0.15) is 0 Å². The third-order valence-corrected chi connectivity index (χ3v) is 15.2. The van der Waals surface area contributed by atoms with Crippen LogP contribution in [0.2, 0.25) is 0 Å². The average molecular weight is 619 g/mol. The second-order valence-electron chi connectivity index (χ2n) is 17.8. The molecule has 2 bridgehead atoms. The Kier molecular flexibility index (Phi) is 6.20. The summed E-state index contributed by atoms with van der Waals surface area (Å²) < 4.78 is 25.7. The molecule has 0 amide bonds. The molecule has 0 aromatic rings. The van der Waals surface area contributed by atoms with E-state index in [0.717, 1.165) is 44.9 Å². The molecule has 3 saturated heterocycles. The van der Waals surface area contributed by atoms with Crippen LogP contribution < -0.4 is 0 Å². The zero-order valence-electron chi connectivity index (χ0n) is 27.5. The molecule has 0 unspecified atom stereocenters. The van der Waals surface area contributed by atoms with E-state index >= 15 is 0 Å². The Morgan fingerprint density at radius 2 is 1.70 bits per heavy atom. The van der Waals surface area contributed by atoms with Gasteiger partial charge in [0.25, 0.3) is 0 Å². The number of hydrogen-bond acceptors (Lipinski definition) is 9. The van der Waals surface area contributed by atoms with Crippen molar-refractivity contribution in [2.45, 2.75) is 154 Å². The van der Waals surface area contributed by atoms with Crippen molar-refractivity contribution >= 4 is 0 Å². The molecule has 3 heterocycles.